The van der Waals surface area contributed by atoms with Crippen LogP contribution in [-0.4, -0.2) is 5.38 Å². The van der Waals surface area contributed by atoms with Crippen LogP contribution < -0.4 is 0 Å². The van der Waals surface area contributed by atoms with Gasteiger partial charge >= 0.3 is 0 Å². The summed E-state index contributed by atoms with van der Waals surface area (Å²) in [6.45, 7) is 0. The Kier molecular flexibility index (Phi) is 5.41. The third-order valence-electron chi connectivity index (χ3n) is 3.17. The van der Waals surface area contributed by atoms with Gasteiger partial charge in [0.05, 0.1) is 0 Å². The van der Waals surface area contributed by atoms with Crippen molar-refractivity contribution >= 4 is 11.6 Å². The molecule has 1 atom stereocenters. The van der Waals surface area contributed by atoms with Crippen molar-refractivity contribution in [1.82, 2.24) is 0 Å². The molecule has 0 bridgehead atoms. The van der Waals surface area contributed by atoms with Crippen LogP contribution in [0.3, 0.4) is 0 Å². The highest BCUT2D eigenvalue weighted by Crippen LogP contribution is 2.16. The molecule has 0 nitrogen and oxygen atoms in total. The Morgan fingerprint density at radius 3 is 2.42 bits per heavy atom. The summed E-state index contributed by atoms with van der Waals surface area (Å²) in [5.74, 6) is -0.189. The van der Waals surface area contributed by atoms with E-state index < -0.39 is 0 Å². The molecule has 0 amide bonds. The molecular weight excluding hydrogens is 259 g/mol. The predicted molar refractivity (Wildman–Crippen MR) is 79.1 cm³/mol. The van der Waals surface area contributed by atoms with Gasteiger partial charge in [0.2, 0.25) is 0 Å². The van der Waals surface area contributed by atoms with Crippen LogP contribution in [-0.2, 0) is 12.8 Å². The van der Waals surface area contributed by atoms with Gasteiger partial charge in [0.15, 0.2) is 0 Å². The quantitative estimate of drug-likeness (QED) is 0.652. The highest BCUT2D eigenvalue weighted by atomic mass is 35.5. The van der Waals surface area contributed by atoms with Crippen LogP contribution in [0.2, 0.25) is 0 Å². The summed E-state index contributed by atoms with van der Waals surface area (Å²) in [6.07, 6.45) is 3.79. The zero-order chi connectivity index (χ0) is 13.5. The zero-order valence-electron chi connectivity index (χ0n) is 10.9. The minimum absolute atomic E-state index is 0.0745. The molecule has 0 aliphatic heterocycles. The van der Waals surface area contributed by atoms with E-state index in [4.69, 9.17) is 11.6 Å². The van der Waals surface area contributed by atoms with Crippen molar-refractivity contribution in [3.63, 3.8) is 0 Å². The Morgan fingerprint density at radius 1 is 0.947 bits per heavy atom. The lowest BCUT2D eigenvalue weighted by Crippen LogP contribution is -2.04. The smallest absolute Gasteiger partial charge is 0.123 e. The first kappa shape index (κ1) is 14.1. The second-order valence-corrected chi connectivity index (χ2v) is 5.43. The van der Waals surface area contributed by atoms with E-state index in [2.05, 4.69) is 24.3 Å². The molecule has 0 fully saturated rings. The molecule has 2 rings (SSSR count). The lowest BCUT2D eigenvalue weighted by Gasteiger charge is -2.09. The minimum Gasteiger partial charge on any atom is -0.207 e. The SMILES string of the molecule is Fc1cccc(CC(Cl)CCCc2ccccc2)c1. The molecule has 1 unspecified atom stereocenters. The van der Waals surface area contributed by atoms with Gasteiger partial charge in [0.25, 0.3) is 0 Å². The first-order valence-corrected chi connectivity index (χ1v) is 7.10. The Labute approximate surface area is 119 Å². The van der Waals surface area contributed by atoms with Crippen LogP contribution in [0, 0.1) is 5.82 Å². The number of rotatable bonds is 6. The largest absolute Gasteiger partial charge is 0.207 e. The second-order valence-electron chi connectivity index (χ2n) is 4.81. The van der Waals surface area contributed by atoms with Gasteiger partial charge in [-0.3, -0.25) is 0 Å². The van der Waals surface area contributed by atoms with E-state index in [1.54, 1.807) is 12.1 Å². The number of aryl methyl sites for hydroxylation is 1. The third kappa shape index (κ3) is 5.04. The van der Waals surface area contributed by atoms with E-state index in [9.17, 15) is 4.39 Å². The molecular formula is C17H18ClF. The second kappa shape index (κ2) is 7.30. The van der Waals surface area contributed by atoms with Crippen LogP contribution in [0.15, 0.2) is 54.6 Å². The maximum absolute atomic E-state index is 13.0. The number of halogens is 2. The number of alkyl halides is 1. The van der Waals surface area contributed by atoms with Gasteiger partial charge in [-0.2, -0.15) is 0 Å². The van der Waals surface area contributed by atoms with Crippen LogP contribution in [0.4, 0.5) is 4.39 Å². The molecule has 0 N–H and O–H groups in total. The highest BCUT2D eigenvalue weighted by Gasteiger charge is 2.06. The van der Waals surface area contributed by atoms with E-state index in [0.717, 1.165) is 31.2 Å². The molecule has 0 saturated carbocycles. The Balaban J connectivity index is 1.74. The summed E-state index contributed by atoms with van der Waals surface area (Å²) < 4.78 is 13.0. The average molecular weight is 277 g/mol. The number of benzene rings is 2. The van der Waals surface area contributed by atoms with Crippen molar-refractivity contribution in [2.45, 2.75) is 31.1 Å². The molecule has 2 heteroatoms. The van der Waals surface area contributed by atoms with Crippen molar-refractivity contribution in [1.29, 1.82) is 0 Å². The fraction of sp³-hybridized carbons (Fsp3) is 0.294. The average Bonchev–Trinajstić information content (AvgIpc) is 2.40. The topological polar surface area (TPSA) is 0 Å². The van der Waals surface area contributed by atoms with E-state index in [1.807, 2.05) is 12.1 Å². The zero-order valence-corrected chi connectivity index (χ0v) is 11.6. The van der Waals surface area contributed by atoms with Gasteiger partial charge in [0, 0.05) is 5.38 Å². The van der Waals surface area contributed by atoms with Crippen LogP contribution >= 0.6 is 11.6 Å². The molecule has 100 valence electrons. The van der Waals surface area contributed by atoms with Crippen molar-refractivity contribution in [3.05, 3.63) is 71.5 Å². The molecule has 0 aliphatic rings. The molecule has 0 aliphatic carbocycles. The molecule has 0 heterocycles. The van der Waals surface area contributed by atoms with E-state index in [-0.39, 0.29) is 11.2 Å². The number of hydrogen-bond donors (Lipinski definition) is 0. The maximum atomic E-state index is 13.0. The lowest BCUT2D eigenvalue weighted by atomic mass is 10.0. The summed E-state index contributed by atoms with van der Waals surface area (Å²) in [5.41, 5.74) is 2.32. The third-order valence-corrected chi connectivity index (χ3v) is 3.54. The fourth-order valence-corrected chi connectivity index (χ4v) is 2.53. The normalized spacial score (nSPS) is 12.3. The van der Waals surface area contributed by atoms with Gasteiger partial charge < -0.3 is 0 Å². The standard InChI is InChI=1S/C17H18ClF/c18-16(12-15-9-5-11-17(19)13-15)10-4-8-14-6-2-1-3-7-14/h1-3,5-7,9,11,13,16H,4,8,10,12H2. The van der Waals surface area contributed by atoms with Gasteiger partial charge in [-0.25, -0.2) is 4.39 Å². The summed E-state index contributed by atoms with van der Waals surface area (Å²) >= 11 is 6.31. The molecule has 0 saturated heterocycles. The number of hydrogen-bond acceptors (Lipinski definition) is 0. The first-order chi connectivity index (χ1) is 9.24. The summed E-state index contributed by atoms with van der Waals surface area (Å²) in [6, 6.07) is 17.1. The summed E-state index contributed by atoms with van der Waals surface area (Å²) in [4.78, 5) is 0. The lowest BCUT2D eigenvalue weighted by molar-refractivity contribution is 0.622. The fourth-order valence-electron chi connectivity index (χ4n) is 2.19. The molecule has 19 heavy (non-hydrogen) atoms. The Hall–Kier alpha value is -1.34. The van der Waals surface area contributed by atoms with Crippen LogP contribution in [0.5, 0.6) is 0 Å². The van der Waals surface area contributed by atoms with Crippen LogP contribution in [0.1, 0.15) is 24.0 Å². The van der Waals surface area contributed by atoms with Crippen molar-refractivity contribution in [2.75, 3.05) is 0 Å². The van der Waals surface area contributed by atoms with E-state index in [0.29, 0.717) is 0 Å². The monoisotopic (exact) mass is 276 g/mol. The predicted octanol–water partition coefficient (Wildman–Crippen LogP) is 5.00. The van der Waals surface area contributed by atoms with Crippen molar-refractivity contribution < 1.29 is 4.39 Å². The van der Waals surface area contributed by atoms with Gasteiger partial charge in [-0.05, 0) is 48.9 Å². The van der Waals surface area contributed by atoms with E-state index >= 15 is 0 Å². The molecule has 2 aromatic rings. The molecule has 0 radical (unpaired) electrons. The van der Waals surface area contributed by atoms with Crippen molar-refractivity contribution in [3.8, 4) is 0 Å². The first-order valence-electron chi connectivity index (χ1n) is 6.66. The Bertz CT molecular complexity index is 496. The van der Waals surface area contributed by atoms with Gasteiger partial charge in [-0.1, -0.05) is 42.5 Å². The van der Waals surface area contributed by atoms with Crippen LogP contribution in [0.25, 0.3) is 0 Å². The highest BCUT2D eigenvalue weighted by molar-refractivity contribution is 6.20. The van der Waals surface area contributed by atoms with E-state index in [1.165, 1.54) is 11.6 Å². The molecule has 0 spiro atoms. The van der Waals surface area contributed by atoms with Gasteiger partial charge in [-0.15, -0.1) is 11.6 Å². The summed E-state index contributed by atoms with van der Waals surface area (Å²) in [5, 5.41) is 0.0745. The maximum Gasteiger partial charge on any atom is 0.123 e. The molecule has 0 aromatic heterocycles. The van der Waals surface area contributed by atoms with Crippen molar-refractivity contribution in [2.24, 2.45) is 0 Å². The molecule has 2 aromatic carbocycles. The Morgan fingerprint density at radius 2 is 1.68 bits per heavy atom. The minimum atomic E-state index is -0.189. The van der Waals surface area contributed by atoms with Gasteiger partial charge in [0.1, 0.15) is 5.82 Å². The summed E-state index contributed by atoms with van der Waals surface area (Å²) in [7, 11) is 0.